The zero-order valence-electron chi connectivity index (χ0n) is 16.0. The average molecular weight is 416 g/mol. The standard InChI is InChI=1S/C21H21O7P/c1-24-17-7-11-20(12-8-17)27-29(23,26-19-5-3-16(15-22)4-6-19)28-21-13-9-18(25-2)10-14-21/h3-14,22H,15H2,1-2H3. The largest absolute Gasteiger partial charge is 0.647 e. The van der Waals surface area contributed by atoms with Gasteiger partial charge in [0.25, 0.3) is 0 Å². The molecule has 0 aromatic heterocycles. The third-order valence-corrected chi connectivity index (χ3v) is 5.18. The van der Waals surface area contributed by atoms with Crippen LogP contribution in [-0.4, -0.2) is 19.3 Å². The molecule has 7 nitrogen and oxygen atoms in total. The SMILES string of the molecule is COc1ccc(OP(=O)(Oc2ccc(CO)cc2)Oc2ccc(OC)cc2)cc1. The highest BCUT2D eigenvalue weighted by Crippen LogP contribution is 2.50. The highest BCUT2D eigenvalue weighted by molar-refractivity contribution is 7.49. The molecule has 0 spiro atoms. The van der Waals surface area contributed by atoms with Crippen molar-refractivity contribution in [3.8, 4) is 28.7 Å². The van der Waals surface area contributed by atoms with E-state index in [4.69, 9.17) is 23.0 Å². The molecule has 29 heavy (non-hydrogen) atoms. The van der Waals surface area contributed by atoms with Crippen molar-refractivity contribution < 1.29 is 32.7 Å². The number of ether oxygens (including phenoxy) is 2. The Morgan fingerprint density at radius 3 is 1.24 bits per heavy atom. The monoisotopic (exact) mass is 416 g/mol. The van der Waals surface area contributed by atoms with Crippen LogP contribution >= 0.6 is 7.82 Å². The Morgan fingerprint density at radius 2 is 0.931 bits per heavy atom. The number of benzene rings is 3. The predicted octanol–water partition coefficient (Wildman–Crippen LogP) is 4.84. The maximum absolute atomic E-state index is 13.4. The lowest BCUT2D eigenvalue weighted by atomic mass is 10.2. The summed E-state index contributed by atoms with van der Waals surface area (Å²) in [5, 5.41) is 9.17. The van der Waals surface area contributed by atoms with Crippen molar-refractivity contribution in [1.82, 2.24) is 0 Å². The van der Waals surface area contributed by atoms with Crippen molar-refractivity contribution in [2.75, 3.05) is 14.2 Å². The fourth-order valence-electron chi connectivity index (χ4n) is 2.37. The molecule has 0 unspecified atom stereocenters. The van der Waals surface area contributed by atoms with Crippen molar-refractivity contribution in [1.29, 1.82) is 0 Å². The summed E-state index contributed by atoms with van der Waals surface area (Å²) >= 11 is 0. The van der Waals surface area contributed by atoms with Crippen molar-refractivity contribution in [3.63, 3.8) is 0 Å². The van der Waals surface area contributed by atoms with Gasteiger partial charge in [0.05, 0.1) is 20.8 Å². The predicted molar refractivity (Wildman–Crippen MR) is 108 cm³/mol. The van der Waals surface area contributed by atoms with Crippen LogP contribution in [0.15, 0.2) is 72.8 Å². The molecule has 0 heterocycles. The number of methoxy groups -OCH3 is 2. The molecule has 0 aliphatic rings. The Balaban J connectivity index is 1.85. The van der Waals surface area contributed by atoms with Crippen molar-refractivity contribution in [3.05, 3.63) is 78.4 Å². The molecular formula is C21H21O7P. The second kappa shape index (κ2) is 9.37. The van der Waals surface area contributed by atoms with Crippen LogP contribution in [0.4, 0.5) is 0 Å². The van der Waals surface area contributed by atoms with Gasteiger partial charge < -0.3 is 28.2 Å². The number of hydrogen-bond donors (Lipinski definition) is 1. The van der Waals surface area contributed by atoms with E-state index in [9.17, 15) is 9.67 Å². The molecule has 0 radical (unpaired) electrons. The number of phosphoric ester groups is 1. The highest BCUT2D eigenvalue weighted by Gasteiger charge is 2.33. The minimum atomic E-state index is -4.10. The van der Waals surface area contributed by atoms with Gasteiger partial charge in [-0.2, -0.15) is 4.57 Å². The van der Waals surface area contributed by atoms with E-state index in [0.29, 0.717) is 17.1 Å². The van der Waals surface area contributed by atoms with E-state index in [1.54, 1.807) is 87.0 Å². The number of hydrogen-bond acceptors (Lipinski definition) is 7. The van der Waals surface area contributed by atoms with Crippen LogP contribution in [0.2, 0.25) is 0 Å². The smallest absolute Gasteiger partial charge is 0.497 e. The van der Waals surface area contributed by atoms with Gasteiger partial charge in [0.1, 0.15) is 28.7 Å². The first-order valence-electron chi connectivity index (χ1n) is 8.70. The molecule has 3 aromatic carbocycles. The van der Waals surface area contributed by atoms with Crippen LogP contribution in [0, 0.1) is 0 Å². The maximum Gasteiger partial charge on any atom is 0.647 e. The Morgan fingerprint density at radius 1 is 0.621 bits per heavy atom. The van der Waals surface area contributed by atoms with Gasteiger partial charge >= 0.3 is 7.82 Å². The molecule has 8 heteroatoms. The number of phosphoric acid groups is 1. The average Bonchev–Trinajstić information content (AvgIpc) is 2.75. The summed E-state index contributed by atoms with van der Waals surface area (Å²) in [5.74, 6) is 2.10. The van der Waals surface area contributed by atoms with E-state index in [1.807, 2.05) is 0 Å². The zero-order chi connectivity index (χ0) is 20.7. The van der Waals surface area contributed by atoms with Crippen molar-refractivity contribution >= 4 is 7.82 Å². The van der Waals surface area contributed by atoms with Gasteiger partial charge in [-0.3, -0.25) is 0 Å². The Bertz CT molecular complexity index is 827. The Kier molecular flexibility index (Phi) is 6.65. The van der Waals surface area contributed by atoms with Crippen LogP contribution in [0.25, 0.3) is 0 Å². The molecule has 0 aliphatic carbocycles. The topological polar surface area (TPSA) is 83.5 Å². The van der Waals surface area contributed by atoms with E-state index >= 15 is 0 Å². The molecule has 0 saturated heterocycles. The molecule has 3 rings (SSSR count). The minimum Gasteiger partial charge on any atom is -0.497 e. The molecule has 0 aliphatic heterocycles. The number of aliphatic hydroxyl groups is 1. The lowest BCUT2D eigenvalue weighted by Crippen LogP contribution is -2.07. The second-order valence-corrected chi connectivity index (χ2v) is 7.32. The van der Waals surface area contributed by atoms with Crippen LogP contribution in [0.5, 0.6) is 28.7 Å². The first-order valence-corrected chi connectivity index (χ1v) is 10.2. The third kappa shape index (κ3) is 5.67. The molecule has 0 atom stereocenters. The summed E-state index contributed by atoms with van der Waals surface area (Å²) in [4.78, 5) is 0. The highest BCUT2D eigenvalue weighted by atomic mass is 31.2. The zero-order valence-corrected chi connectivity index (χ0v) is 16.9. The van der Waals surface area contributed by atoms with Crippen LogP contribution < -0.4 is 23.0 Å². The quantitative estimate of drug-likeness (QED) is 0.500. The number of aliphatic hydroxyl groups excluding tert-OH is 1. The van der Waals surface area contributed by atoms with Crippen molar-refractivity contribution in [2.24, 2.45) is 0 Å². The summed E-state index contributed by atoms with van der Waals surface area (Å²) in [6, 6.07) is 19.5. The fraction of sp³-hybridized carbons (Fsp3) is 0.143. The molecule has 0 amide bonds. The van der Waals surface area contributed by atoms with Crippen LogP contribution in [0.3, 0.4) is 0 Å². The molecule has 0 fully saturated rings. The molecule has 152 valence electrons. The van der Waals surface area contributed by atoms with Crippen molar-refractivity contribution in [2.45, 2.75) is 6.61 Å². The molecule has 0 bridgehead atoms. The Labute approximate surface area is 169 Å². The van der Waals surface area contributed by atoms with Gasteiger partial charge in [-0.05, 0) is 66.2 Å². The van der Waals surface area contributed by atoms with E-state index in [0.717, 1.165) is 0 Å². The first kappa shape index (κ1) is 20.6. The lowest BCUT2D eigenvalue weighted by Gasteiger charge is -2.19. The maximum atomic E-state index is 13.4. The number of rotatable bonds is 9. The summed E-state index contributed by atoms with van der Waals surface area (Å²) in [5.41, 5.74) is 0.694. The summed E-state index contributed by atoms with van der Waals surface area (Å²) in [7, 11) is -1.00. The molecule has 0 saturated carbocycles. The lowest BCUT2D eigenvalue weighted by molar-refractivity contribution is 0.281. The molecule has 1 N–H and O–H groups in total. The van der Waals surface area contributed by atoms with Gasteiger partial charge in [-0.15, -0.1) is 0 Å². The summed E-state index contributed by atoms with van der Waals surface area (Å²) in [6.45, 7) is -0.108. The van der Waals surface area contributed by atoms with Gasteiger partial charge in [0.2, 0.25) is 0 Å². The van der Waals surface area contributed by atoms with Gasteiger partial charge in [-0.1, -0.05) is 12.1 Å². The third-order valence-electron chi connectivity index (χ3n) is 3.88. The van der Waals surface area contributed by atoms with E-state index < -0.39 is 7.82 Å². The Hall–Kier alpha value is -3.15. The van der Waals surface area contributed by atoms with E-state index in [1.165, 1.54) is 0 Å². The fourth-order valence-corrected chi connectivity index (χ4v) is 3.62. The van der Waals surface area contributed by atoms with E-state index in [2.05, 4.69) is 0 Å². The van der Waals surface area contributed by atoms with E-state index in [-0.39, 0.29) is 23.9 Å². The van der Waals surface area contributed by atoms with Gasteiger partial charge in [-0.25, -0.2) is 0 Å². The van der Waals surface area contributed by atoms with Gasteiger partial charge in [0.15, 0.2) is 0 Å². The van der Waals surface area contributed by atoms with Gasteiger partial charge in [0, 0.05) is 0 Å². The second-order valence-electron chi connectivity index (χ2n) is 5.87. The molecule has 3 aromatic rings. The molecular weight excluding hydrogens is 395 g/mol. The minimum absolute atomic E-state index is 0.108. The normalized spacial score (nSPS) is 10.9. The first-order chi connectivity index (χ1) is 14.0. The van der Waals surface area contributed by atoms with Crippen LogP contribution in [-0.2, 0) is 11.2 Å². The summed E-state index contributed by atoms with van der Waals surface area (Å²) in [6.07, 6.45) is 0. The van der Waals surface area contributed by atoms with Crippen LogP contribution in [0.1, 0.15) is 5.56 Å². The summed E-state index contributed by atoms with van der Waals surface area (Å²) < 4.78 is 40.4.